The number of hydrogen-bond donors (Lipinski definition) is 0. The van der Waals surface area contributed by atoms with E-state index in [9.17, 15) is 41.2 Å². The summed E-state index contributed by atoms with van der Waals surface area (Å²) < 4.78 is 95.4. The van der Waals surface area contributed by atoms with Gasteiger partial charge in [-0.1, -0.05) is 0 Å². The lowest BCUT2D eigenvalue weighted by molar-refractivity contribution is -0.286. The van der Waals surface area contributed by atoms with E-state index >= 15 is 0 Å². The molecule has 0 fully saturated rings. The smallest absolute Gasteiger partial charge is 0.452 e. The molecule has 2 aromatic carbocycles. The molecule has 3 heterocycles. The van der Waals surface area contributed by atoms with Crippen molar-refractivity contribution in [1.29, 1.82) is 5.26 Å². The fraction of sp³-hybridized carbons (Fsp3) is 0.231. The van der Waals surface area contributed by atoms with Gasteiger partial charge in [0.05, 0.1) is 17.0 Å². The van der Waals surface area contributed by atoms with E-state index in [-0.39, 0.29) is 40.6 Å². The van der Waals surface area contributed by atoms with Crippen molar-refractivity contribution in [2.75, 3.05) is 11.4 Å². The van der Waals surface area contributed by atoms with Gasteiger partial charge in [0, 0.05) is 29.4 Å². The van der Waals surface area contributed by atoms with Crippen molar-refractivity contribution in [1.82, 2.24) is 9.78 Å². The number of furan rings is 1. The molecule has 41 heavy (non-hydrogen) atoms. The van der Waals surface area contributed by atoms with Crippen LogP contribution in [0.1, 0.15) is 36.7 Å². The normalized spacial score (nSPS) is 13.7. The molecule has 0 saturated heterocycles. The van der Waals surface area contributed by atoms with Gasteiger partial charge in [-0.3, -0.25) is 9.59 Å². The fourth-order valence-corrected chi connectivity index (χ4v) is 4.30. The molecule has 2 aromatic heterocycles. The Hall–Kier alpha value is -5.00. The second-order valence-corrected chi connectivity index (χ2v) is 8.70. The minimum atomic E-state index is -3.89. The zero-order valence-corrected chi connectivity index (χ0v) is 20.7. The summed E-state index contributed by atoms with van der Waals surface area (Å²) in [5, 5.41) is 13.0. The number of rotatable bonds is 7. The molecule has 4 aromatic rings. The van der Waals surface area contributed by atoms with Crippen molar-refractivity contribution in [3.05, 3.63) is 69.7 Å². The first-order valence-electron chi connectivity index (χ1n) is 11.8. The number of fused-ring (bicyclic) bond motifs is 2. The maximum Gasteiger partial charge on any atom is 0.586 e. The molecular formula is C26H16F6N4O5. The standard InChI is InChI=1S/C26H16F6N4O5/c1-2-35(15-3-4-17-18(8-15)41-26(31,32)40-17)20(37)11-36-25(38)16-9-19(24(29)30)39-22(16)21(34-36)13-5-12(10-33)6-14(7-13)23(27)28/h3-9,23-24H,2,11H2,1H3. The molecule has 0 unspecified atom stereocenters. The number of anilines is 1. The molecule has 9 nitrogen and oxygen atoms in total. The lowest BCUT2D eigenvalue weighted by Gasteiger charge is -2.21. The third-order valence-electron chi connectivity index (χ3n) is 6.08. The number of carbonyl (C=O) groups is 1. The van der Waals surface area contributed by atoms with Crippen LogP contribution in [-0.4, -0.2) is 28.5 Å². The summed E-state index contributed by atoms with van der Waals surface area (Å²) in [4.78, 5) is 27.6. The molecular weight excluding hydrogens is 562 g/mol. The molecule has 0 radical (unpaired) electrons. The third-order valence-corrected chi connectivity index (χ3v) is 6.08. The van der Waals surface area contributed by atoms with Gasteiger partial charge in [-0.25, -0.2) is 22.2 Å². The van der Waals surface area contributed by atoms with E-state index in [1.165, 1.54) is 6.07 Å². The Kier molecular flexibility index (Phi) is 6.85. The first-order chi connectivity index (χ1) is 19.4. The Labute approximate surface area is 225 Å². The fourth-order valence-electron chi connectivity index (χ4n) is 4.30. The Morgan fingerprint density at radius 1 is 1.07 bits per heavy atom. The summed E-state index contributed by atoms with van der Waals surface area (Å²) in [7, 11) is 0. The monoisotopic (exact) mass is 578 g/mol. The highest BCUT2D eigenvalue weighted by molar-refractivity contribution is 5.94. The number of halogens is 6. The van der Waals surface area contributed by atoms with Crippen molar-refractivity contribution >= 4 is 22.6 Å². The molecule has 0 atom stereocenters. The van der Waals surface area contributed by atoms with Crippen LogP contribution in [0.2, 0.25) is 0 Å². The van der Waals surface area contributed by atoms with E-state index in [4.69, 9.17) is 4.42 Å². The van der Waals surface area contributed by atoms with Crippen LogP contribution in [0, 0.1) is 11.3 Å². The maximum absolute atomic E-state index is 13.5. The zero-order valence-electron chi connectivity index (χ0n) is 20.7. The van der Waals surface area contributed by atoms with Crippen LogP contribution >= 0.6 is 0 Å². The van der Waals surface area contributed by atoms with Crippen molar-refractivity contribution < 1.29 is 45.0 Å². The zero-order chi connectivity index (χ0) is 29.6. The summed E-state index contributed by atoms with van der Waals surface area (Å²) in [6.45, 7) is 0.795. The quantitative estimate of drug-likeness (QED) is 0.256. The highest BCUT2D eigenvalue weighted by Gasteiger charge is 2.43. The maximum atomic E-state index is 13.5. The predicted octanol–water partition coefficient (Wildman–Crippen LogP) is 5.78. The molecule has 0 N–H and O–H groups in total. The molecule has 0 saturated carbocycles. The van der Waals surface area contributed by atoms with Gasteiger partial charge in [-0.15, -0.1) is 8.78 Å². The lowest BCUT2D eigenvalue weighted by atomic mass is 10.0. The molecule has 1 aliphatic rings. The SMILES string of the molecule is CCN(C(=O)Cn1nc(-c2cc(C#N)cc(C(F)F)c2)c2oc(C(F)F)cc2c1=O)c1ccc2c(c1)OC(F)(F)O2. The average molecular weight is 578 g/mol. The van der Waals surface area contributed by atoms with Gasteiger partial charge < -0.3 is 18.8 Å². The van der Waals surface area contributed by atoms with Crippen LogP contribution in [0.25, 0.3) is 22.2 Å². The lowest BCUT2D eigenvalue weighted by Crippen LogP contribution is -2.37. The minimum Gasteiger partial charge on any atom is -0.452 e. The summed E-state index contributed by atoms with van der Waals surface area (Å²) in [6.07, 6.45) is -10.0. The van der Waals surface area contributed by atoms with Crippen molar-refractivity contribution in [2.24, 2.45) is 0 Å². The number of ether oxygens (including phenoxy) is 2. The van der Waals surface area contributed by atoms with Gasteiger partial charge in [0.1, 0.15) is 12.2 Å². The van der Waals surface area contributed by atoms with Gasteiger partial charge in [0.25, 0.3) is 18.4 Å². The van der Waals surface area contributed by atoms with Gasteiger partial charge in [0.2, 0.25) is 5.91 Å². The number of aromatic nitrogens is 2. The van der Waals surface area contributed by atoms with E-state index < -0.39 is 59.4 Å². The van der Waals surface area contributed by atoms with Crippen LogP contribution in [0.5, 0.6) is 11.5 Å². The van der Waals surface area contributed by atoms with Crippen molar-refractivity contribution in [3.8, 4) is 28.8 Å². The third kappa shape index (κ3) is 5.15. The van der Waals surface area contributed by atoms with Crippen LogP contribution in [0.15, 0.2) is 51.7 Å². The topological polar surface area (TPSA) is 111 Å². The number of alkyl halides is 6. The largest absolute Gasteiger partial charge is 0.586 e. The summed E-state index contributed by atoms with van der Waals surface area (Å²) >= 11 is 0. The van der Waals surface area contributed by atoms with E-state index in [1.54, 1.807) is 13.0 Å². The highest BCUT2D eigenvalue weighted by atomic mass is 19.3. The number of hydrogen-bond acceptors (Lipinski definition) is 7. The molecule has 0 spiro atoms. The number of amides is 1. The number of nitriles is 1. The van der Waals surface area contributed by atoms with Crippen LogP contribution in [0.3, 0.4) is 0 Å². The van der Waals surface area contributed by atoms with E-state index in [2.05, 4.69) is 14.6 Å². The van der Waals surface area contributed by atoms with Gasteiger partial charge >= 0.3 is 6.29 Å². The number of likely N-dealkylation sites (N-methyl/N-ethyl adjacent to an activating group) is 1. The Morgan fingerprint density at radius 3 is 2.46 bits per heavy atom. The highest BCUT2D eigenvalue weighted by Crippen LogP contribution is 2.43. The van der Waals surface area contributed by atoms with E-state index in [1.807, 2.05) is 0 Å². The van der Waals surface area contributed by atoms with Crippen LogP contribution in [-0.2, 0) is 11.3 Å². The van der Waals surface area contributed by atoms with E-state index in [0.717, 1.165) is 41.3 Å². The Bertz CT molecular complexity index is 1780. The molecule has 0 bridgehead atoms. The summed E-state index contributed by atoms with van der Waals surface area (Å²) in [5.41, 5.74) is -2.61. The predicted molar refractivity (Wildman–Crippen MR) is 129 cm³/mol. The second-order valence-electron chi connectivity index (χ2n) is 8.70. The number of benzene rings is 2. The molecule has 15 heteroatoms. The second kappa shape index (κ2) is 10.2. The first-order valence-corrected chi connectivity index (χ1v) is 11.8. The molecule has 0 aliphatic carbocycles. The Balaban J connectivity index is 1.59. The summed E-state index contributed by atoms with van der Waals surface area (Å²) in [5.74, 6) is -2.26. The Morgan fingerprint density at radius 2 is 1.80 bits per heavy atom. The first kappa shape index (κ1) is 27.6. The molecule has 212 valence electrons. The van der Waals surface area contributed by atoms with Gasteiger partial charge in [-0.05, 0) is 43.3 Å². The van der Waals surface area contributed by atoms with E-state index in [0.29, 0.717) is 4.68 Å². The minimum absolute atomic E-state index is 0.00191. The van der Waals surface area contributed by atoms with Crippen LogP contribution < -0.4 is 19.9 Å². The molecule has 1 amide bonds. The summed E-state index contributed by atoms with van der Waals surface area (Å²) in [6, 6.07) is 9.11. The number of carbonyl (C=O) groups excluding carboxylic acids is 1. The molecule has 1 aliphatic heterocycles. The average Bonchev–Trinajstić information content (AvgIpc) is 3.50. The number of nitrogens with zero attached hydrogens (tertiary/aromatic N) is 4. The van der Waals surface area contributed by atoms with Crippen molar-refractivity contribution in [2.45, 2.75) is 32.6 Å². The van der Waals surface area contributed by atoms with Gasteiger partial charge in [-0.2, -0.15) is 10.4 Å². The van der Waals surface area contributed by atoms with Crippen molar-refractivity contribution in [3.63, 3.8) is 0 Å². The molecule has 5 rings (SSSR count). The van der Waals surface area contributed by atoms with Crippen LogP contribution in [0.4, 0.5) is 32.0 Å². The van der Waals surface area contributed by atoms with Gasteiger partial charge in [0.15, 0.2) is 22.8 Å².